The van der Waals surface area contributed by atoms with E-state index in [1.54, 1.807) is 0 Å². The third-order valence-corrected chi connectivity index (χ3v) is 3.33. The lowest BCUT2D eigenvalue weighted by molar-refractivity contribution is 1.13. The Hall–Kier alpha value is -1.28. The monoisotopic (exact) mass is 289 g/mol. The summed E-state index contributed by atoms with van der Waals surface area (Å²) in [5.74, 6) is 0. The van der Waals surface area contributed by atoms with Crippen molar-refractivity contribution in [2.45, 2.75) is 20.4 Å². The summed E-state index contributed by atoms with van der Waals surface area (Å²) in [5, 5.41) is 3.44. The summed E-state index contributed by atoms with van der Waals surface area (Å²) in [6.45, 7) is 5.12. The van der Waals surface area contributed by atoms with Crippen LogP contribution in [0.4, 0.5) is 5.69 Å². The number of nitrogens with one attached hydrogen (secondary N) is 1. The number of aryl methyl sites for hydroxylation is 2. The highest BCUT2D eigenvalue weighted by Crippen LogP contribution is 2.22. The lowest BCUT2D eigenvalue weighted by atomic mass is 10.1. The summed E-state index contributed by atoms with van der Waals surface area (Å²) in [5.41, 5.74) is 5.08. The summed E-state index contributed by atoms with van der Waals surface area (Å²) in [4.78, 5) is 0. The van der Waals surface area contributed by atoms with E-state index in [0.29, 0.717) is 0 Å². The summed E-state index contributed by atoms with van der Waals surface area (Å²) in [6, 6.07) is 14.8. The molecule has 0 bridgehead atoms. The van der Waals surface area contributed by atoms with Gasteiger partial charge in [0.05, 0.1) is 0 Å². The average molecular weight is 290 g/mol. The van der Waals surface area contributed by atoms with Gasteiger partial charge in [-0.25, -0.2) is 0 Å². The minimum atomic E-state index is 0.852. The van der Waals surface area contributed by atoms with Gasteiger partial charge in [0.1, 0.15) is 0 Å². The van der Waals surface area contributed by atoms with Crippen molar-refractivity contribution in [2.24, 2.45) is 0 Å². The van der Waals surface area contributed by atoms with Crippen LogP contribution in [0.2, 0.25) is 0 Å². The van der Waals surface area contributed by atoms with Crippen molar-refractivity contribution >= 4 is 21.6 Å². The summed E-state index contributed by atoms with van der Waals surface area (Å²) >= 11 is 3.54. The molecule has 0 fully saturated rings. The van der Waals surface area contributed by atoms with Crippen LogP contribution in [-0.2, 0) is 6.54 Å². The first kappa shape index (κ1) is 12.2. The number of halogens is 1. The van der Waals surface area contributed by atoms with Crippen molar-refractivity contribution in [3.63, 3.8) is 0 Å². The van der Waals surface area contributed by atoms with Crippen LogP contribution in [0.15, 0.2) is 46.9 Å². The molecule has 88 valence electrons. The molecule has 0 aliphatic carbocycles. The maximum absolute atomic E-state index is 3.54. The van der Waals surface area contributed by atoms with E-state index in [1.165, 1.54) is 16.7 Å². The van der Waals surface area contributed by atoms with Crippen molar-refractivity contribution in [2.75, 3.05) is 5.32 Å². The van der Waals surface area contributed by atoms with Gasteiger partial charge in [0.25, 0.3) is 0 Å². The summed E-state index contributed by atoms with van der Waals surface area (Å²) in [6.07, 6.45) is 0. The number of hydrogen-bond acceptors (Lipinski definition) is 1. The van der Waals surface area contributed by atoms with Gasteiger partial charge in [-0.2, -0.15) is 0 Å². The van der Waals surface area contributed by atoms with Crippen molar-refractivity contribution in [3.8, 4) is 0 Å². The predicted molar refractivity (Wildman–Crippen MR) is 77.4 cm³/mol. The predicted octanol–water partition coefficient (Wildman–Crippen LogP) is 4.68. The molecule has 0 aliphatic heterocycles. The minimum Gasteiger partial charge on any atom is -0.380 e. The largest absolute Gasteiger partial charge is 0.380 e. The molecule has 0 atom stereocenters. The summed E-state index contributed by atoms with van der Waals surface area (Å²) < 4.78 is 1.10. The number of anilines is 1. The molecule has 17 heavy (non-hydrogen) atoms. The number of rotatable bonds is 3. The molecule has 0 heterocycles. The lowest BCUT2D eigenvalue weighted by Gasteiger charge is -2.09. The topological polar surface area (TPSA) is 12.0 Å². The molecule has 2 heteroatoms. The van der Waals surface area contributed by atoms with Crippen LogP contribution in [0.5, 0.6) is 0 Å². The zero-order valence-corrected chi connectivity index (χ0v) is 11.7. The van der Waals surface area contributed by atoms with Gasteiger partial charge < -0.3 is 5.32 Å². The van der Waals surface area contributed by atoms with E-state index in [-0.39, 0.29) is 0 Å². The summed E-state index contributed by atoms with van der Waals surface area (Å²) in [7, 11) is 0. The first-order valence-corrected chi connectivity index (χ1v) is 6.50. The van der Waals surface area contributed by atoms with Gasteiger partial charge in [-0.1, -0.05) is 41.5 Å². The second kappa shape index (κ2) is 5.37. The maximum atomic E-state index is 3.54. The third kappa shape index (κ3) is 3.34. The standard InChI is InChI=1S/C15H16BrN/c1-11-7-12(2)9-13(8-11)10-17-15-6-4-3-5-14(15)16/h3-9,17H,10H2,1-2H3. The molecule has 0 amide bonds. The minimum absolute atomic E-state index is 0.852. The Balaban J connectivity index is 2.10. The van der Waals surface area contributed by atoms with Crippen LogP contribution in [0.25, 0.3) is 0 Å². The molecule has 0 aromatic heterocycles. The Bertz CT molecular complexity index is 500. The Morgan fingerprint density at radius 3 is 2.29 bits per heavy atom. The van der Waals surface area contributed by atoms with Crippen molar-refractivity contribution in [1.82, 2.24) is 0 Å². The second-order valence-electron chi connectivity index (χ2n) is 4.33. The molecule has 0 radical (unpaired) electrons. The molecule has 0 saturated carbocycles. The number of benzene rings is 2. The molecular weight excluding hydrogens is 274 g/mol. The van der Waals surface area contributed by atoms with Gasteiger partial charge >= 0.3 is 0 Å². The van der Waals surface area contributed by atoms with Gasteiger partial charge in [-0.15, -0.1) is 0 Å². The van der Waals surface area contributed by atoms with Gasteiger partial charge in [0, 0.05) is 16.7 Å². The van der Waals surface area contributed by atoms with Crippen molar-refractivity contribution in [3.05, 3.63) is 63.6 Å². The van der Waals surface area contributed by atoms with E-state index < -0.39 is 0 Å². The molecule has 0 spiro atoms. The van der Waals surface area contributed by atoms with Gasteiger partial charge in [-0.05, 0) is 47.5 Å². The highest BCUT2D eigenvalue weighted by atomic mass is 79.9. The molecule has 0 aliphatic rings. The first-order valence-electron chi connectivity index (χ1n) is 5.71. The van der Waals surface area contributed by atoms with Gasteiger partial charge in [-0.3, -0.25) is 0 Å². The van der Waals surface area contributed by atoms with Gasteiger partial charge in [0.15, 0.2) is 0 Å². The molecule has 1 nitrogen and oxygen atoms in total. The van der Waals surface area contributed by atoms with Crippen molar-refractivity contribution < 1.29 is 0 Å². The zero-order chi connectivity index (χ0) is 12.3. The number of para-hydroxylation sites is 1. The van der Waals surface area contributed by atoms with E-state index in [1.807, 2.05) is 18.2 Å². The van der Waals surface area contributed by atoms with E-state index in [0.717, 1.165) is 16.7 Å². The highest BCUT2D eigenvalue weighted by molar-refractivity contribution is 9.10. The first-order chi connectivity index (χ1) is 8.15. The van der Waals surface area contributed by atoms with Crippen LogP contribution in [0.1, 0.15) is 16.7 Å². The van der Waals surface area contributed by atoms with E-state index in [4.69, 9.17) is 0 Å². The normalized spacial score (nSPS) is 10.3. The molecule has 2 aromatic carbocycles. The number of hydrogen-bond donors (Lipinski definition) is 1. The van der Waals surface area contributed by atoms with Crippen LogP contribution in [0, 0.1) is 13.8 Å². The maximum Gasteiger partial charge on any atom is 0.0487 e. The Morgan fingerprint density at radius 2 is 1.65 bits per heavy atom. The van der Waals surface area contributed by atoms with E-state index >= 15 is 0 Å². The van der Waals surface area contributed by atoms with Crippen molar-refractivity contribution in [1.29, 1.82) is 0 Å². The molecule has 0 saturated heterocycles. The lowest BCUT2D eigenvalue weighted by Crippen LogP contribution is -2.00. The van der Waals surface area contributed by atoms with E-state index in [9.17, 15) is 0 Å². The SMILES string of the molecule is Cc1cc(C)cc(CNc2ccccc2Br)c1. The molecule has 0 unspecified atom stereocenters. The molecule has 1 N–H and O–H groups in total. The Morgan fingerprint density at radius 1 is 1.00 bits per heavy atom. The Kier molecular flexibility index (Phi) is 3.85. The van der Waals surface area contributed by atoms with E-state index in [2.05, 4.69) is 59.4 Å². The van der Waals surface area contributed by atoms with Crippen LogP contribution < -0.4 is 5.32 Å². The Labute approximate surface area is 111 Å². The molecule has 2 aromatic rings. The molecular formula is C15H16BrN. The third-order valence-electron chi connectivity index (χ3n) is 2.64. The highest BCUT2D eigenvalue weighted by Gasteiger charge is 1.99. The van der Waals surface area contributed by atoms with Crippen LogP contribution in [0.3, 0.4) is 0 Å². The van der Waals surface area contributed by atoms with Crippen LogP contribution >= 0.6 is 15.9 Å². The molecule has 2 rings (SSSR count). The fraction of sp³-hybridized carbons (Fsp3) is 0.200. The van der Waals surface area contributed by atoms with Gasteiger partial charge in [0.2, 0.25) is 0 Å². The smallest absolute Gasteiger partial charge is 0.0487 e. The fourth-order valence-electron chi connectivity index (χ4n) is 1.97. The average Bonchev–Trinajstić information content (AvgIpc) is 2.27. The fourth-order valence-corrected chi connectivity index (χ4v) is 2.40. The second-order valence-corrected chi connectivity index (χ2v) is 5.18. The quantitative estimate of drug-likeness (QED) is 0.865. The zero-order valence-electron chi connectivity index (χ0n) is 10.1. The van der Waals surface area contributed by atoms with Crippen LogP contribution in [-0.4, -0.2) is 0 Å².